The summed E-state index contributed by atoms with van der Waals surface area (Å²) in [6, 6.07) is 7.83. The number of fused-ring (bicyclic) bond motifs is 1. The zero-order valence-corrected chi connectivity index (χ0v) is 15.5. The minimum atomic E-state index is -0.766. The van der Waals surface area contributed by atoms with Gasteiger partial charge in [-0.2, -0.15) is 0 Å². The first-order valence-electron chi connectivity index (χ1n) is 8.46. The maximum atomic E-state index is 12.4. The van der Waals surface area contributed by atoms with E-state index < -0.39 is 34.4 Å². The molecule has 1 heterocycles. The third-order valence-electron chi connectivity index (χ3n) is 4.15. The maximum absolute atomic E-state index is 12.4. The monoisotopic (exact) mass is 413 g/mol. The number of non-ortho nitro benzene ring substituents is 1. The van der Waals surface area contributed by atoms with Gasteiger partial charge >= 0.3 is 0 Å². The van der Waals surface area contributed by atoms with Gasteiger partial charge < -0.3 is 15.4 Å². The molecule has 1 aromatic heterocycles. The Morgan fingerprint density at radius 2 is 1.87 bits per heavy atom. The van der Waals surface area contributed by atoms with Crippen LogP contribution < -0.4 is 26.5 Å². The first-order valence-corrected chi connectivity index (χ1v) is 8.46. The first kappa shape index (κ1) is 20.3. The van der Waals surface area contributed by atoms with E-state index in [0.717, 1.165) is 6.07 Å². The topological polar surface area (TPSA) is 176 Å². The standard InChI is InChI=1S/C18H15N5O7/c1-30-13-6-5-9(23(28)29)7-11(13)16(25)19-8-14(24)20-12-4-2-3-10-15(12)18(27)22-21-17(10)26/h2-7H,8H2,1H3,(H,19,25)(H,20,24)(H,21,26)(H,22,27). The molecule has 0 radical (unpaired) electrons. The van der Waals surface area contributed by atoms with Crippen LogP contribution in [-0.4, -0.2) is 40.6 Å². The molecule has 12 heteroatoms. The maximum Gasteiger partial charge on any atom is 0.272 e. The van der Waals surface area contributed by atoms with E-state index in [1.165, 1.54) is 37.4 Å². The van der Waals surface area contributed by atoms with Crippen LogP contribution in [0.1, 0.15) is 10.4 Å². The Morgan fingerprint density at radius 1 is 1.13 bits per heavy atom. The van der Waals surface area contributed by atoms with Crippen molar-refractivity contribution in [3.05, 3.63) is 72.8 Å². The second kappa shape index (κ2) is 8.26. The molecule has 0 atom stereocenters. The van der Waals surface area contributed by atoms with Crippen LogP contribution in [0.2, 0.25) is 0 Å². The van der Waals surface area contributed by atoms with E-state index in [9.17, 15) is 29.3 Å². The lowest BCUT2D eigenvalue weighted by Gasteiger charge is -2.10. The lowest BCUT2D eigenvalue weighted by Crippen LogP contribution is -2.33. The predicted molar refractivity (Wildman–Crippen MR) is 106 cm³/mol. The molecule has 0 unspecified atom stereocenters. The fourth-order valence-corrected chi connectivity index (χ4v) is 2.77. The van der Waals surface area contributed by atoms with E-state index in [4.69, 9.17) is 4.74 Å². The molecule has 0 aliphatic carbocycles. The van der Waals surface area contributed by atoms with Crippen LogP contribution >= 0.6 is 0 Å². The zero-order chi connectivity index (χ0) is 21.8. The number of rotatable bonds is 6. The molecule has 3 aromatic rings. The molecule has 0 aliphatic rings. The molecule has 154 valence electrons. The lowest BCUT2D eigenvalue weighted by molar-refractivity contribution is -0.384. The number of amides is 2. The number of carbonyl (C=O) groups is 2. The summed E-state index contributed by atoms with van der Waals surface area (Å²) in [6.45, 7) is -0.498. The lowest BCUT2D eigenvalue weighted by atomic mass is 10.1. The van der Waals surface area contributed by atoms with E-state index >= 15 is 0 Å². The molecule has 2 aromatic carbocycles. The highest BCUT2D eigenvalue weighted by Gasteiger charge is 2.18. The number of nitrogens with one attached hydrogen (secondary N) is 4. The van der Waals surface area contributed by atoms with Crippen molar-refractivity contribution in [3.8, 4) is 5.75 Å². The quantitative estimate of drug-likeness (QED) is 0.336. The number of hydrogen-bond acceptors (Lipinski definition) is 7. The fraction of sp³-hybridized carbons (Fsp3) is 0.111. The Hall–Kier alpha value is -4.48. The largest absolute Gasteiger partial charge is 0.496 e. The molecular weight excluding hydrogens is 398 g/mol. The van der Waals surface area contributed by atoms with Gasteiger partial charge in [0.1, 0.15) is 5.75 Å². The molecule has 12 nitrogen and oxygen atoms in total. The highest BCUT2D eigenvalue weighted by Crippen LogP contribution is 2.23. The van der Waals surface area contributed by atoms with Gasteiger partial charge in [-0.15, -0.1) is 0 Å². The number of benzene rings is 2. The summed E-state index contributed by atoms with van der Waals surface area (Å²) in [5.74, 6) is -1.35. The number of nitrogens with zero attached hydrogens (tertiary/aromatic N) is 1. The van der Waals surface area contributed by atoms with E-state index in [1.807, 2.05) is 0 Å². The molecule has 0 saturated carbocycles. The average molecular weight is 413 g/mol. The Labute approximate surface area is 167 Å². The van der Waals surface area contributed by atoms with Crippen LogP contribution in [0.15, 0.2) is 46.0 Å². The van der Waals surface area contributed by atoms with Crippen LogP contribution in [0.25, 0.3) is 10.8 Å². The molecule has 30 heavy (non-hydrogen) atoms. The molecule has 4 N–H and O–H groups in total. The second-order valence-corrected chi connectivity index (χ2v) is 6.01. The van der Waals surface area contributed by atoms with Crippen molar-refractivity contribution in [1.82, 2.24) is 15.5 Å². The number of nitro groups is 1. The molecule has 0 bridgehead atoms. The van der Waals surface area contributed by atoms with Gasteiger partial charge in [0.2, 0.25) is 5.91 Å². The number of methoxy groups -OCH3 is 1. The summed E-state index contributed by atoms with van der Waals surface area (Å²) in [6.07, 6.45) is 0. The van der Waals surface area contributed by atoms with Crippen molar-refractivity contribution >= 4 is 34.0 Å². The normalized spacial score (nSPS) is 10.4. The van der Waals surface area contributed by atoms with Gasteiger partial charge in [-0.3, -0.25) is 39.5 Å². The molecule has 2 amide bonds. The molecule has 0 spiro atoms. The Balaban J connectivity index is 1.77. The summed E-state index contributed by atoms with van der Waals surface area (Å²) >= 11 is 0. The molecule has 0 fully saturated rings. The third kappa shape index (κ3) is 4.01. The Kier molecular flexibility index (Phi) is 5.58. The number of anilines is 1. The van der Waals surface area contributed by atoms with Gasteiger partial charge in [0.25, 0.3) is 22.7 Å². The average Bonchev–Trinajstić information content (AvgIpc) is 2.74. The number of aromatic amines is 2. The first-order chi connectivity index (χ1) is 14.3. The van der Waals surface area contributed by atoms with Gasteiger partial charge in [-0.1, -0.05) is 6.07 Å². The summed E-state index contributed by atoms with van der Waals surface area (Å²) in [7, 11) is 1.30. The van der Waals surface area contributed by atoms with E-state index in [0.29, 0.717) is 0 Å². The van der Waals surface area contributed by atoms with E-state index in [-0.39, 0.29) is 33.5 Å². The van der Waals surface area contributed by atoms with Gasteiger partial charge in [0.05, 0.1) is 40.6 Å². The SMILES string of the molecule is COc1ccc([N+](=O)[O-])cc1C(=O)NCC(=O)Nc1cccc2c(=O)[nH][nH]c(=O)c12. The van der Waals surface area contributed by atoms with Gasteiger partial charge in [0, 0.05) is 12.1 Å². The van der Waals surface area contributed by atoms with Crippen LogP contribution in [0, 0.1) is 10.1 Å². The molecule has 0 saturated heterocycles. The van der Waals surface area contributed by atoms with Crippen LogP contribution in [0.3, 0.4) is 0 Å². The number of aromatic nitrogens is 2. The molecule has 3 rings (SSSR count). The van der Waals surface area contributed by atoms with E-state index in [1.54, 1.807) is 0 Å². The van der Waals surface area contributed by atoms with Gasteiger partial charge in [0.15, 0.2) is 0 Å². The highest BCUT2D eigenvalue weighted by molar-refractivity contribution is 6.04. The van der Waals surface area contributed by atoms with Crippen molar-refractivity contribution in [3.63, 3.8) is 0 Å². The minimum absolute atomic E-state index is 0.0127. The van der Waals surface area contributed by atoms with Crippen LogP contribution in [0.5, 0.6) is 5.75 Å². The second-order valence-electron chi connectivity index (χ2n) is 6.01. The minimum Gasteiger partial charge on any atom is -0.496 e. The van der Waals surface area contributed by atoms with Crippen molar-refractivity contribution in [2.45, 2.75) is 0 Å². The molecule has 0 aliphatic heterocycles. The number of carbonyl (C=O) groups excluding carboxylic acids is 2. The van der Waals surface area contributed by atoms with Crippen molar-refractivity contribution in [2.75, 3.05) is 19.0 Å². The van der Waals surface area contributed by atoms with Crippen molar-refractivity contribution < 1.29 is 19.2 Å². The Morgan fingerprint density at radius 3 is 2.57 bits per heavy atom. The van der Waals surface area contributed by atoms with Gasteiger partial charge in [-0.25, -0.2) is 0 Å². The van der Waals surface area contributed by atoms with Crippen LogP contribution in [-0.2, 0) is 4.79 Å². The highest BCUT2D eigenvalue weighted by atomic mass is 16.6. The number of ether oxygens (including phenoxy) is 1. The summed E-state index contributed by atoms with van der Waals surface area (Å²) < 4.78 is 5.02. The smallest absolute Gasteiger partial charge is 0.272 e. The summed E-state index contributed by atoms with van der Waals surface area (Å²) in [5, 5.41) is 20.1. The summed E-state index contributed by atoms with van der Waals surface area (Å²) in [4.78, 5) is 58.7. The van der Waals surface area contributed by atoms with Crippen molar-refractivity contribution in [1.29, 1.82) is 0 Å². The third-order valence-corrected chi connectivity index (χ3v) is 4.15. The fourth-order valence-electron chi connectivity index (χ4n) is 2.77. The predicted octanol–water partition coefficient (Wildman–Crippen LogP) is 0.502. The number of nitro benzene ring substituents is 1. The number of hydrogen-bond donors (Lipinski definition) is 4. The summed E-state index contributed by atoms with van der Waals surface area (Å²) in [5.41, 5.74) is -1.48. The van der Waals surface area contributed by atoms with Gasteiger partial charge in [-0.05, 0) is 18.2 Å². The zero-order valence-electron chi connectivity index (χ0n) is 15.5. The Bertz CT molecular complexity index is 1280. The van der Waals surface area contributed by atoms with E-state index in [2.05, 4.69) is 20.8 Å². The number of H-pyrrole nitrogens is 2. The van der Waals surface area contributed by atoms with Crippen molar-refractivity contribution in [2.24, 2.45) is 0 Å². The molecular formula is C18H15N5O7. The van der Waals surface area contributed by atoms with Crippen LogP contribution in [0.4, 0.5) is 11.4 Å².